The molecule has 0 bridgehead atoms. The minimum atomic E-state index is -0.728. The van der Waals surface area contributed by atoms with Crippen LogP contribution in [0.3, 0.4) is 0 Å². The second-order valence-electron chi connectivity index (χ2n) is 8.76. The molecule has 0 aliphatic carbocycles. The van der Waals surface area contributed by atoms with E-state index in [0.29, 0.717) is 27.8 Å². The second-order valence-corrected chi connectivity index (χ2v) is 9.61. The van der Waals surface area contributed by atoms with E-state index < -0.39 is 24.4 Å². The fraction of sp³-hybridized carbons (Fsp3) is 0.0625. The van der Waals surface area contributed by atoms with Gasteiger partial charge in [0.2, 0.25) is 0 Å². The van der Waals surface area contributed by atoms with E-state index in [4.69, 9.17) is 9.72 Å². The molecule has 0 aliphatic rings. The number of aromatic nitrogens is 1. The molecule has 0 radical (unpaired) electrons. The third-order valence-electron chi connectivity index (χ3n) is 6.14. The molecule has 5 rings (SSSR count). The summed E-state index contributed by atoms with van der Waals surface area (Å²) in [6.45, 7) is -0.473. The van der Waals surface area contributed by atoms with E-state index in [1.165, 1.54) is 11.8 Å². The fourth-order valence-corrected chi connectivity index (χ4v) is 4.78. The Hall–Kier alpha value is -4.95. The van der Waals surface area contributed by atoms with E-state index >= 15 is 0 Å². The minimum Gasteiger partial charge on any atom is -0.452 e. The van der Waals surface area contributed by atoms with Crippen molar-refractivity contribution >= 4 is 51.8 Å². The first-order chi connectivity index (χ1) is 19.5. The van der Waals surface area contributed by atoms with E-state index in [0.717, 1.165) is 10.5 Å². The Morgan fingerprint density at radius 3 is 2.23 bits per heavy atom. The summed E-state index contributed by atoms with van der Waals surface area (Å²) < 4.78 is 5.29. The number of ether oxygens (including phenoxy) is 1. The van der Waals surface area contributed by atoms with E-state index in [1.54, 1.807) is 36.4 Å². The number of hydrogen-bond acceptors (Lipinski definition) is 6. The van der Waals surface area contributed by atoms with Gasteiger partial charge in [0.25, 0.3) is 11.8 Å². The predicted molar refractivity (Wildman–Crippen MR) is 159 cm³/mol. The van der Waals surface area contributed by atoms with Crippen LogP contribution in [0.2, 0.25) is 0 Å². The molecular weight excluding hydrogens is 522 g/mol. The Kier molecular flexibility index (Phi) is 8.18. The molecule has 0 atom stereocenters. The SMILES string of the molecule is CSc1ccccc1NC(=O)COC(=O)c1ccccc1NC(=O)c1cc(-c2ccccc2)nc2ccccc12. The van der Waals surface area contributed by atoms with Crippen molar-refractivity contribution < 1.29 is 19.1 Å². The molecule has 198 valence electrons. The number of fused-ring (bicyclic) bond motifs is 1. The van der Waals surface area contributed by atoms with Crippen molar-refractivity contribution in [3.05, 3.63) is 120 Å². The summed E-state index contributed by atoms with van der Waals surface area (Å²) >= 11 is 1.50. The number of nitrogens with zero attached hydrogens (tertiary/aromatic N) is 1. The summed E-state index contributed by atoms with van der Waals surface area (Å²) in [6, 6.07) is 32.6. The van der Waals surface area contributed by atoms with Crippen LogP contribution >= 0.6 is 11.8 Å². The van der Waals surface area contributed by atoms with E-state index in [2.05, 4.69) is 10.6 Å². The third kappa shape index (κ3) is 6.03. The molecule has 0 unspecified atom stereocenters. The Bertz CT molecular complexity index is 1710. The maximum absolute atomic E-state index is 13.6. The number of nitrogens with one attached hydrogen (secondary N) is 2. The molecule has 2 amide bonds. The molecule has 1 heterocycles. The van der Waals surface area contributed by atoms with Gasteiger partial charge in [-0.25, -0.2) is 9.78 Å². The lowest BCUT2D eigenvalue weighted by Gasteiger charge is -2.13. The molecular formula is C32H25N3O4S. The van der Waals surface area contributed by atoms with Gasteiger partial charge in [-0.3, -0.25) is 9.59 Å². The topological polar surface area (TPSA) is 97.4 Å². The summed E-state index contributed by atoms with van der Waals surface area (Å²) in [5.74, 6) is -1.59. The molecule has 2 N–H and O–H groups in total. The van der Waals surface area contributed by atoms with E-state index in [1.807, 2.05) is 79.1 Å². The van der Waals surface area contributed by atoms with Gasteiger partial charge in [-0.05, 0) is 42.7 Å². The molecule has 5 aromatic rings. The Balaban J connectivity index is 1.34. The van der Waals surface area contributed by atoms with Crippen LogP contribution in [0.1, 0.15) is 20.7 Å². The maximum atomic E-state index is 13.6. The number of carbonyl (C=O) groups is 3. The number of pyridine rings is 1. The molecule has 40 heavy (non-hydrogen) atoms. The molecule has 0 spiro atoms. The molecule has 4 aromatic carbocycles. The average Bonchev–Trinajstić information content (AvgIpc) is 3.00. The van der Waals surface area contributed by atoms with Crippen molar-refractivity contribution in [1.29, 1.82) is 0 Å². The van der Waals surface area contributed by atoms with E-state index in [9.17, 15) is 14.4 Å². The predicted octanol–water partition coefficient (Wildman–Crippen LogP) is 6.67. The van der Waals surface area contributed by atoms with Crippen molar-refractivity contribution in [2.75, 3.05) is 23.5 Å². The largest absolute Gasteiger partial charge is 0.452 e. The van der Waals surface area contributed by atoms with Gasteiger partial charge in [-0.2, -0.15) is 0 Å². The quantitative estimate of drug-likeness (QED) is 0.166. The lowest BCUT2D eigenvalue weighted by molar-refractivity contribution is -0.119. The molecule has 7 nitrogen and oxygen atoms in total. The van der Waals surface area contributed by atoms with Crippen LogP contribution in [0, 0.1) is 0 Å². The molecule has 1 aromatic heterocycles. The first kappa shape index (κ1) is 26.6. The zero-order valence-electron chi connectivity index (χ0n) is 21.6. The Labute approximate surface area is 235 Å². The van der Waals surface area contributed by atoms with Gasteiger partial charge in [0.15, 0.2) is 6.61 Å². The summed E-state index contributed by atoms with van der Waals surface area (Å²) in [6.07, 6.45) is 1.91. The fourth-order valence-electron chi connectivity index (χ4n) is 4.22. The van der Waals surface area contributed by atoms with Crippen molar-refractivity contribution in [3.63, 3.8) is 0 Å². The van der Waals surface area contributed by atoms with Gasteiger partial charge in [0.1, 0.15) is 0 Å². The van der Waals surface area contributed by atoms with Crippen molar-refractivity contribution in [3.8, 4) is 11.3 Å². The lowest BCUT2D eigenvalue weighted by atomic mass is 10.0. The second kappa shape index (κ2) is 12.3. The van der Waals surface area contributed by atoms with Crippen molar-refractivity contribution in [2.24, 2.45) is 0 Å². The normalized spacial score (nSPS) is 10.6. The molecule has 8 heteroatoms. The van der Waals surface area contributed by atoms with Gasteiger partial charge in [-0.15, -0.1) is 11.8 Å². The average molecular weight is 548 g/mol. The highest BCUT2D eigenvalue weighted by atomic mass is 32.2. The number of benzene rings is 4. The van der Waals surface area contributed by atoms with Gasteiger partial charge in [-0.1, -0.05) is 72.8 Å². The van der Waals surface area contributed by atoms with Gasteiger partial charge >= 0.3 is 5.97 Å². The first-order valence-electron chi connectivity index (χ1n) is 12.5. The number of thioether (sulfide) groups is 1. The van der Waals surface area contributed by atoms with Crippen LogP contribution in [-0.2, 0) is 9.53 Å². The summed E-state index contributed by atoms with van der Waals surface area (Å²) in [7, 11) is 0. The number of para-hydroxylation sites is 3. The maximum Gasteiger partial charge on any atom is 0.340 e. The Morgan fingerprint density at radius 1 is 0.750 bits per heavy atom. The zero-order chi connectivity index (χ0) is 27.9. The highest BCUT2D eigenvalue weighted by Crippen LogP contribution is 2.27. The number of carbonyl (C=O) groups excluding carboxylic acids is 3. The highest BCUT2D eigenvalue weighted by molar-refractivity contribution is 7.98. The number of amides is 2. The first-order valence-corrected chi connectivity index (χ1v) is 13.7. The molecule has 0 fully saturated rings. The monoisotopic (exact) mass is 547 g/mol. The number of rotatable bonds is 8. The van der Waals surface area contributed by atoms with Crippen molar-refractivity contribution in [1.82, 2.24) is 4.98 Å². The van der Waals surface area contributed by atoms with Crippen molar-refractivity contribution in [2.45, 2.75) is 4.90 Å². The molecule has 0 saturated carbocycles. The standard InChI is InChI=1S/C32H25N3O4S/c1-40-29-18-10-9-17-27(29)34-30(36)20-39-32(38)23-14-6-8-16-26(23)35-31(37)24-19-28(21-11-3-2-4-12-21)33-25-15-7-5-13-22(24)25/h2-19H,20H2,1H3,(H,34,36)(H,35,37). The van der Waals surface area contributed by atoms with Crippen LogP contribution in [0.5, 0.6) is 0 Å². The molecule has 0 aliphatic heterocycles. The van der Waals surface area contributed by atoms with Crippen LogP contribution in [0.25, 0.3) is 22.2 Å². The summed E-state index contributed by atoms with van der Waals surface area (Å²) in [5, 5.41) is 6.29. The van der Waals surface area contributed by atoms with Gasteiger partial charge in [0.05, 0.1) is 33.7 Å². The highest BCUT2D eigenvalue weighted by Gasteiger charge is 2.19. The third-order valence-corrected chi connectivity index (χ3v) is 6.94. The summed E-state index contributed by atoms with van der Waals surface area (Å²) in [5.41, 5.74) is 3.68. The van der Waals surface area contributed by atoms with Crippen LogP contribution in [-0.4, -0.2) is 35.6 Å². The van der Waals surface area contributed by atoms with Gasteiger partial charge < -0.3 is 15.4 Å². The summed E-state index contributed by atoms with van der Waals surface area (Å²) in [4.78, 5) is 44.6. The van der Waals surface area contributed by atoms with Crippen LogP contribution in [0.15, 0.2) is 114 Å². The van der Waals surface area contributed by atoms with E-state index in [-0.39, 0.29) is 11.3 Å². The Morgan fingerprint density at radius 2 is 1.43 bits per heavy atom. The van der Waals surface area contributed by atoms with Crippen LogP contribution in [0.4, 0.5) is 11.4 Å². The van der Waals surface area contributed by atoms with Gasteiger partial charge in [0, 0.05) is 15.8 Å². The number of anilines is 2. The minimum absolute atomic E-state index is 0.134. The zero-order valence-corrected chi connectivity index (χ0v) is 22.4. The van der Waals surface area contributed by atoms with Crippen LogP contribution < -0.4 is 10.6 Å². The smallest absolute Gasteiger partial charge is 0.340 e. The number of esters is 1. The number of hydrogen-bond donors (Lipinski definition) is 2. The lowest BCUT2D eigenvalue weighted by Crippen LogP contribution is -2.22. The molecule has 0 saturated heterocycles.